The molecule has 1 aromatic rings. The van der Waals surface area contributed by atoms with Gasteiger partial charge in [0.05, 0.1) is 6.20 Å². The molecule has 0 saturated carbocycles. The molecule has 1 heterocycles. The van der Waals surface area contributed by atoms with Gasteiger partial charge in [0.15, 0.2) is 5.69 Å². The highest BCUT2D eigenvalue weighted by molar-refractivity contribution is 5.91. The van der Waals surface area contributed by atoms with Crippen LogP contribution in [0.2, 0.25) is 0 Å². The monoisotopic (exact) mass is 211 g/mol. The molecule has 6 nitrogen and oxygen atoms in total. The molecule has 0 saturated heterocycles. The average molecular weight is 211 g/mol. The van der Waals surface area contributed by atoms with E-state index in [2.05, 4.69) is 25.6 Å². The zero-order chi connectivity index (χ0) is 11.1. The number of nitrogens with one attached hydrogen (secondary N) is 2. The van der Waals surface area contributed by atoms with E-state index in [1.807, 2.05) is 14.1 Å². The van der Waals surface area contributed by atoms with E-state index in [4.69, 9.17) is 0 Å². The Hall–Kier alpha value is -1.43. The van der Waals surface area contributed by atoms with E-state index in [9.17, 15) is 4.79 Å². The van der Waals surface area contributed by atoms with Crippen molar-refractivity contribution in [3.8, 4) is 0 Å². The summed E-state index contributed by atoms with van der Waals surface area (Å²) in [6.07, 6.45) is 3.46. The number of rotatable bonds is 6. The number of nitrogens with zero attached hydrogens (tertiary/aromatic N) is 3. The summed E-state index contributed by atoms with van der Waals surface area (Å²) in [4.78, 5) is 13.5. The Bertz CT molecular complexity index is 283. The predicted molar refractivity (Wildman–Crippen MR) is 56.5 cm³/mol. The molecule has 1 aromatic heterocycles. The third-order valence-electron chi connectivity index (χ3n) is 1.97. The quantitative estimate of drug-likeness (QED) is 0.643. The molecule has 84 valence electrons. The number of amides is 1. The van der Waals surface area contributed by atoms with E-state index in [-0.39, 0.29) is 5.91 Å². The lowest BCUT2D eigenvalue weighted by Crippen LogP contribution is -2.25. The molecule has 0 radical (unpaired) electrons. The third-order valence-corrected chi connectivity index (χ3v) is 1.97. The van der Waals surface area contributed by atoms with Crippen LogP contribution in [0.1, 0.15) is 23.3 Å². The van der Waals surface area contributed by atoms with E-state index < -0.39 is 0 Å². The summed E-state index contributed by atoms with van der Waals surface area (Å²) in [6, 6.07) is 0. The second-order valence-electron chi connectivity index (χ2n) is 3.62. The Labute approximate surface area is 89.0 Å². The lowest BCUT2D eigenvalue weighted by atomic mass is 10.3. The maximum Gasteiger partial charge on any atom is 0.273 e. The minimum atomic E-state index is -0.173. The molecule has 0 aliphatic rings. The topological polar surface area (TPSA) is 73.9 Å². The fraction of sp³-hybridized carbons (Fsp3) is 0.667. The van der Waals surface area contributed by atoms with E-state index in [0.29, 0.717) is 12.2 Å². The summed E-state index contributed by atoms with van der Waals surface area (Å²) in [5.74, 6) is -0.173. The minimum absolute atomic E-state index is 0.173. The first-order chi connectivity index (χ1) is 7.20. The smallest absolute Gasteiger partial charge is 0.273 e. The Morgan fingerprint density at radius 2 is 2.33 bits per heavy atom. The van der Waals surface area contributed by atoms with Gasteiger partial charge in [0.2, 0.25) is 0 Å². The molecule has 0 bridgehead atoms. The molecule has 0 aliphatic heterocycles. The number of carbonyl (C=O) groups excluding carboxylic acids is 1. The van der Waals surface area contributed by atoms with Crippen LogP contribution in [0.5, 0.6) is 0 Å². The van der Waals surface area contributed by atoms with Gasteiger partial charge < -0.3 is 10.2 Å². The summed E-state index contributed by atoms with van der Waals surface area (Å²) in [7, 11) is 4.07. The second-order valence-corrected chi connectivity index (χ2v) is 3.62. The van der Waals surface area contributed by atoms with Crippen LogP contribution in [0, 0.1) is 0 Å². The normalized spacial score (nSPS) is 10.6. The molecule has 0 spiro atoms. The van der Waals surface area contributed by atoms with Crippen molar-refractivity contribution < 1.29 is 4.79 Å². The number of aromatic nitrogens is 3. The molecule has 1 rings (SSSR count). The molecule has 1 amide bonds. The first-order valence-electron chi connectivity index (χ1n) is 4.99. The number of hydrogen-bond donors (Lipinski definition) is 2. The van der Waals surface area contributed by atoms with Crippen LogP contribution in [0.15, 0.2) is 6.20 Å². The second kappa shape index (κ2) is 6.13. The molecule has 0 atom stereocenters. The summed E-state index contributed by atoms with van der Waals surface area (Å²) in [5, 5.41) is 12.4. The summed E-state index contributed by atoms with van der Waals surface area (Å²) in [6.45, 7) is 1.72. The van der Waals surface area contributed by atoms with Crippen molar-refractivity contribution in [3.63, 3.8) is 0 Å². The minimum Gasteiger partial charge on any atom is -0.351 e. The van der Waals surface area contributed by atoms with Crippen LogP contribution in [0.4, 0.5) is 0 Å². The fourth-order valence-electron chi connectivity index (χ4n) is 1.16. The van der Waals surface area contributed by atoms with Crippen LogP contribution in [0.25, 0.3) is 0 Å². The maximum atomic E-state index is 11.4. The van der Waals surface area contributed by atoms with Crippen molar-refractivity contribution >= 4 is 5.91 Å². The number of hydrogen-bond acceptors (Lipinski definition) is 4. The van der Waals surface area contributed by atoms with Crippen molar-refractivity contribution in [2.24, 2.45) is 0 Å². The van der Waals surface area contributed by atoms with Crippen LogP contribution in [-0.2, 0) is 0 Å². The van der Waals surface area contributed by atoms with E-state index in [0.717, 1.165) is 19.4 Å². The van der Waals surface area contributed by atoms with Crippen LogP contribution >= 0.6 is 0 Å². The molecule has 0 fully saturated rings. The van der Waals surface area contributed by atoms with Gasteiger partial charge in [-0.2, -0.15) is 15.4 Å². The first kappa shape index (κ1) is 11.6. The number of H-pyrrole nitrogens is 1. The highest BCUT2D eigenvalue weighted by atomic mass is 16.1. The number of aromatic amines is 1. The van der Waals surface area contributed by atoms with E-state index >= 15 is 0 Å². The van der Waals surface area contributed by atoms with Gasteiger partial charge >= 0.3 is 0 Å². The van der Waals surface area contributed by atoms with Gasteiger partial charge in [0.1, 0.15) is 0 Å². The first-order valence-corrected chi connectivity index (χ1v) is 4.99. The highest BCUT2D eigenvalue weighted by Crippen LogP contribution is 1.91. The van der Waals surface area contributed by atoms with E-state index in [1.165, 1.54) is 6.20 Å². The Balaban J connectivity index is 2.08. The summed E-state index contributed by atoms with van der Waals surface area (Å²) in [5.41, 5.74) is 0.336. The Kier molecular flexibility index (Phi) is 4.76. The van der Waals surface area contributed by atoms with Crippen molar-refractivity contribution in [1.82, 2.24) is 25.6 Å². The van der Waals surface area contributed by atoms with Crippen molar-refractivity contribution in [3.05, 3.63) is 11.9 Å². The van der Waals surface area contributed by atoms with Crippen molar-refractivity contribution in [1.29, 1.82) is 0 Å². The van der Waals surface area contributed by atoms with Crippen molar-refractivity contribution in [2.75, 3.05) is 27.2 Å². The van der Waals surface area contributed by atoms with Gasteiger partial charge in [-0.05, 0) is 33.5 Å². The SMILES string of the molecule is CN(C)CCCCNC(=O)c1cn[nH]n1. The summed E-state index contributed by atoms with van der Waals surface area (Å²) >= 11 is 0. The molecule has 2 N–H and O–H groups in total. The Morgan fingerprint density at radius 3 is 2.93 bits per heavy atom. The lowest BCUT2D eigenvalue weighted by molar-refractivity contribution is 0.0948. The maximum absolute atomic E-state index is 11.4. The van der Waals surface area contributed by atoms with Crippen LogP contribution in [0.3, 0.4) is 0 Å². The average Bonchev–Trinajstić information content (AvgIpc) is 2.69. The zero-order valence-corrected chi connectivity index (χ0v) is 9.16. The van der Waals surface area contributed by atoms with Gasteiger partial charge in [-0.3, -0.25) is 4.79 Å². The van der Waals surface area contributed by atoms with Crippen LogP contribution in [-0.4, -0.2) is 53.4 Å². The fourth-order valence-corrected chi connectivity index (χ4v) is 1.16. The summed E-state index contributed by atoms with van der Waals surface area (Å²) < 4.78 is 0. The van der Waals surface area contributed by atoms with Gasteiger partial charge in [-0.15, -0.1) is 0 Å². The van der Waals surface area contributed by atoms with Gasteiger partial charge in [0.25, 0.3) is 5.91 Å². The zero-order valence-electron chi connectivity index (χ0n) is 9.16. The highest BCUT2D eigenvalue weighted by Gasteiger charge is 2.06. The third kappa shape index (κ3) is 4.55. The molecule has 15 heavy (non-hydrogen) atoms. The molecular formula is C9H17N5O. The van der Waals surface area contributed by atoms with Gasteiger partial charge in [-0.1, -0.05) is 0 Å². The van der Waals surface area contributed by atoms with E-state index in [1.54, 1.807) is 0 Å². The molecule has 0 aromatic carbocycles. The predicted octanol–water partition coefficient (Wildman–Crippen LogP) is -0.124. The lowest BCUT2D eigenvalue weighted by Gasteiger charge is -2.08. The molecule has 0 unspecified atom stereocenters. The van der Waals surface area contributed by atoms with Gasteiger partial charge in [0, 0.05) is 6.54 Å². The molecule has 0 aliphatic carbocycles. The van der Waals surface area contributed by atoms with Crippen molar-refractivity contribution in [2.45, 2.75) is 12.8 Å². The largest absolute Gasteiger partial charge is 0.351 e. The molecule has 6 heteroatoms. The number of unbranched alkanes of at least 4 members (excludes halogenated alkanes) is 1. The van der Waals surface area contributed by atoms with Crippen LogP contribution < -0.4 is 5.32 Å². The van der Waals surface area contributed by atoms with Gasteiger partial charge in [-0.25, -0.2) is 0 Å². The number of carbonyl (C=O) groups is 1. The Morgan fingerprint density at radius 1 is 1.53 bits per heavy atom. The standard InChI is InChI=1S/C9H17N5O/c1-14(2)6-4-3-5-10-9(15)8-7-11-13-12-8/h7H,3-6H2,1-2H3,(H,10,15)(H,11,12,13). The molecular weight excluding hydrogens is 194 g/mol.